The summed E-state index contributed by atoms with van der Waals surface area (Å²) in [5, 5.41) is 8.31. The summed E-state index contributed by atoms with van der Waals surface area (Å²) in [6, 6.07) is 0. The van der Waals surface area contributed by atoms with Crippen LogP contribution in [0.5, 0.6) is 0 Å². The molecule has 2 atom stereocenters. The third kappa shape index (κ3) is 2.80. The lowest BCUT2D eigenvalue weighted by Gasteiger charge is -2.35. The van der Waals surface area contributed by atoms with Gasteiger partial charge in [0.2, 0.25) is 15.9 Å². The maximum atomic E-state index is 12.5. The Morgan fingerprint density at radius 2 is 1.70 bits per heavy atom. The zero-order chi connectivity index (χ0) is 14.9. The highest BCUT2D eigenvalue weighted by Gasteiger charge is 2.44. The number of sulfonamides is 1. The molecule has 0 radical (unpaired) electrons. The Balaban J connectivity index is 2.08. The summed E-state index contributed by atoms with van der Waals surface area (Å²) in [6.07, 6.45) is 1.47. The van der Waals surface area contributed by atoms with E-state index in [1.54, 1.807) is 4.90 Å². The van der Waals surface area contributed by atoms with Gasteiger partial charge in [0.1, 0.15) is 0 Å². The normalized spacial score (nSPS) is 28.6. The molecular formula is C12H20N2O5S. The molecule has 0 aromatic rings. The van der Waals surface area contributed by atoms with Crippen LogP contribution in [0, 0.1) is 5.92 Å². The third-order valence-corrected chi connectivity index (χ3v) is 6.61. The molecule has 1 heterocycles. The van der Waals surface area contributed by atoms with Crippen molar-refractivity contribution in [2.45, 2.75) is 31.4 Å². The van der Waals surface area contributed by atoms with Crippen LogP contribution < -0.4 is 0 Å². The first-order valence-electron chi connectivity index (χ1n) is 6.81. The predicted octanol–water partition coefficient (Wildman–Crippen LogP) is -0.266. The Morgan fingerprint density at radius 1 is 1.10 bits per heavy atom. The SMILES string of the molecule is CC(=O)N1CCN(S(=O)(=O)C2CCCC2C(=O)O)CC1. The molecule has 1 aliphatic heterocycles. The average molecular weight is 304 g/mol. The number of amides is 1. The molecule has 0 spiro atoms. The molecule has 2 aliphatic rings. The van der Waals surface area contributed by atoms with E-state index in [0.717, 1.165) is 0 Å². The third-order valence-electron chi connectivity index (χ3n) is 4.20. The molecule has 0 aromatic heterocycles. The maximum Gasteiger partial charge on any atom is 0.307 e. The quantitative estimate of drug-likeness (QED) is 0.774. The van der Waals surface area contributed by atoms with Crippen LogP contribution in [0.3, 0.4) is 0 Å². The van der Waals surface area contributed by atoms with E-state index in [1.165, 1.54) is 11.2 Å². The summed E-state index contributed by atoms with van der Waals surface area (Å²) >= 11 is 0. The van der Waals surface area contributed by atoms with Crippen molar-refractivity contribution in [3.05, 3.63) is 0 Å². The molecule has 2 rings (SSSR count). The highest BCUT2D eigenvalue weighted by atomic mass is 32.2. The molecule has 1 amide bonds. The van der Waals surface area contributed by atoms with Gasteiger partial charge in [-0.15, -0.1) is 0 Å². The number of carbonyl (C=O) groups excluding carboxylic acids is 1. The minimum Gasteiger partial charge on any atom is -0.481 e. The van der Waals surface area contributed by atoms with Crippen molar-refractivity contribution < 1.29 is 23.1 Å². The number of piperazine rings is 1. The first-order valence-corrected chi connectivity index (χ1v) is 8.31. The van der Waals surface area contributed by atoms with Gasteiger partial charge in [0.15, 0.2) is 0 Å². The fraction of sp³-hybridized carbons (Fsp3) is 0.833. The number of carboxylic acid groups (broad SMARTS) is 1. The second kappa shape index (κ2) is 5.69. The Bertz CT molecular complexity index is 496. The van der Waals surface area contributed by atoms with Crippen molar-refractivity contribution in [1.82, 2.24) is 9.21 Å². The van der Waals surface area contributed by atoms with Crippen LogP contribution in [-0.4, -0.2) is 66.0 Å². The van der Waals surface area contributed by atoms with Gasteiger partial charge in [0.25, 0.3) is 0 Å². The van der Waals surface area contributed by atoms with Crippen molar-refractivity contribution in [1.29, 1.82) is 0 Å². The van der Waals surface area contributed by atoms with Gasteiger partial charge in [-0.05, 0) is 12.8 Å². The molecule has 1 saturated carbocycles. The van der Waals surface area contributed by atoms with Gasteiger partial charge in [-0.25, -0.2) is 8.42 Å². The second-order valence-corrected chi connectivity index (χ2v) is 7.52. The van der Waals surface area contributed by atoms with Crippen molar-refractivity contribution in [3.8, 4) is 0 Å². The number of rotatable bonds is 3. The smallest absolute Gasteiger partial charge is 0.307 e. The Hall–Kier alpha value is -1.15. The van der Waals surface area contributed by atoms with Gasteiger partial charge in [-0.1, -0.05) is 6.42 Å². The fourth-order valence-electron chi connectivity index (χ4n) is 3.01. The largest absolute Gasteiger partial charge is 0.481 e. The van der Waals surface area contributed by atoms with Crippen LogP contribution in [-0.2, 0) is 19.6 Å². The monoisotopic (exact) mass is 304 g/mol. The molecule has 1 N–H and O–H groups in total. The molecule has 114 valence electrons. The topological polar surface area (TPSA) is 95.0 Å². The fourth-order valence-corrected chi connectivity index (χ4v) is 5.20. The van der Waals surface area contributed by atoms with Crippen molar-refractivity contribution in [3.63, 3.8) is 0 Å². The van der Waals surface area contributed by atoms with Crippen molar-refractivity contribution in [2.75, 3.05) is 26.2 Å². The lowest BCUT2D eigenvalue weighted by Crippen LogP contribution is -2.53. The zero-order valence-electron chi connectivity index (χ0n) is 11.5. The highest BCUT2D eigenvalue weighted by Crippen LogP contribution is 2.33. The van der Waals surface area contributed by atoms with Crippen LogP contribution in [0.4, 0.5) is 0 Å². The zero-order valence-corrected chi connectivity index (χ0v) is 12.3. The molecule has 1 saturated heterocycles. The number of aliphatic carboxylic acids is 1. The first kappa shape index (κ1) is 15.2. The molecule has 8 heteroatoms. The lowest BCUT2D eigenvalue weighted by molar-refractivity contribution is -0.141. The van der Waals surface area contributed by atoms with Gasteiger partial charge in [-0.2, -0.15) is 4.31 Å². The Labute approximate surface area is 118 Å². The van der Waals surface area contributed by atoms with Gasteiger partial charge < -0.3 is 10.0 Å². The van der Waals surface area contributed by atoms with Crippen LogP contribution in [0.15, 0.2) is 0 Å². The van der Waals surface area contributed by atoms with Crippen molar-refractivity contribution >= 4 is 21.9 Å². The first-order chi connectivity index (χ1) is 9.34. The van der Waals surface area contributed by atoms with Gasteiger partial charge in [-0.3, -0.25) is 9.59 Å². The summed E-state index contributed by atoms with van der Waals surface area (Å²) in [6.45, 7) is 2.72. The summed E-state index contributed by atoms with van der Waals surface area (Å²) in [5.74, 6) is -1.89. The number of nitrogens with zero attached hydrogens (tertiary/aromatic N) is 2. The van der Waals surface area contributed by atoms with Crippen molar-refractivity contribution in [2.24, 2.45) is 5.92 Å². The number of carboxylic acids is 1. The molecule has 20 heavy (non-hydrogen) atoms. The highest BCUT2D eigenvalue weighted by molar-refractivity contribution is 7.89. The molecule has 2 unspecified atom stereocenters. The Morgan fingerprint density at radius 3 is 2.20 bits per heavy atom. The van der Waals surface area contributed by atoms with Crippen LogP contribution in [0.1, 0.15) is 26.2 Å². The Kier molecular flexibility index (Phi) is 4.33. The molecule has 2 fully saturated rings. The molecule has 7 nitrogen and oxygen atoms in total. The van der Waals surface area contributed by atoms with E-state index in [2.05, 4.69) is 0 Å². The number of carbonyl (C=O) groups is 2. The average Bonchev–Trinajstić information content (AvgIpc) is 2.89. The number of hydrogen-bond donors (Lipinski definition) is 1. The van der Waals surface area contributed by atoms with E-state index >= 15 is 0 Å². The summed E-state index contributed by atoms with van der Waals surface area (Å²) in [7, 11) is -3.59. The minimum atomic E-state index is -3.59. The molecular weight excluding hydrogens is 284 g/mol. The van der Waals surface area contributed by atoms with Crippen LogP contribution in [0.25, 0.3) is 0 Å². The van der Waals surface area contributed by atoms with E-state index in [-0.39, 0.29) is 19.0 Å². The maximum absolute atomic E-state index is 12.5. The second-order valence-electron chi connectivity index (χ2n) is 5.36. The summed E-state index contributed by atoms with van der Waals surface area (Å²) in [4.78, 5) is 24.0. The van der Waals surface area contributed by atoms with Crippen LogP contribution >= 0.6 is 0 Å². The number of hydrogen-bond acceptors (Lipinski definition) is 4. The predicted molar refractivity (Wildman–Crippen MR) is 71.5 cm³/mol. The van der Waals surface area contributed by atoms with E-state index in [9.17, 15) is 18.0 Å². The minimum absolute atomic E-state index is 0.0636. The van der Waals surface area contributed by atoms with Gasteiger partial charge >= 0.3 is 5.97 Å². The van der Waals surface area contributed by atoms with Gasteiger partial charge in [0.05, 0.1) is 11.2 Å². The summed E-state index contributed by atoms with van der Waals surface area (Å²) < 4.78 is 26.4. The standard InChI is InChI=1S/C12H20N2O5S/c1-9(15)13-5-7-14(8-6-13)20(18,19)11-4-2-3-10(11)12(16)17/h10-11H,2-8H2,1H3,(H,16,17). The molecule has 1 aliphatic carbocycles. The summed E-state index contributed by atoms with van der Waals surface area (Å²) in [5.41, 5.74) is 0. The van der Waals surface area contributed by atoms with E-state index in [4.69, 9.17) is 5.11 Å². The van der Waals surface area contributed by atoms with E-state index in [0.29, 0.717) is 32.4 Å². The van der Waals surface area contributed by atoms with E-state index in [1.807, 2.05) is 0 Å². The molecule has 0 aromatic carbocycles. The van der Waals surface area contributed by atoms with Crippen LogP contribution in [0.2, 0.25) is 0 Å². The lowest BCUT2D eigenvalue weighted by atomic mass is 10.1. The van der Waals surface area contributed by atoms with E-state index < -0.39 is 27.2 Å². The van der Waals surface area contributed by atoms with Gasteiger partial charge in [0, 0.05) is 33.1 Å². The molecule has 0 bridgehead atoms.